The standard InChI is InChI=1S/C22H18Cl2N6OS/c1-13-14(2)29(10-15-6-4-3-5-7-15)20(17(13)9-25)26-19(31)12-32-22-28-27-21-18(24)8-16(23)11-30(21)22/h3-8,11H,10,12H2,1-2H3,(H,26,31). The highest BCUT2D eigenvalue weighted by Gasteiger charge is 2.20. The van der Waals surface area contributed by atoms with Crippen molar-refractivity contribution in [3.8, 4) is 6.07 Å². The van der Waals surface area contributed by atoms with Gasteiger partial charge in [-0.25, -0.2) is 0 Å². The van der Waals surface area contributed by atoms with Gasteiger partial charge in [0.2, 0.25) is 5.91 Å². The molecule has 4 aromatic rings. The number of fused-ring (bicyclic) bond motifs is 1. The summed E-state index contributed by atoms with van der Waals surface area (Å²) < 4.78 is 3.60. The summed E-state index contributed by atoms with van der Waals surface area (Å²) in [6.45, 7) is 4.37. The fourth-order valence-corrected chi connectivity index (χ4v) is 4.61. The fraction of sp³-hybridized carbons (Fsp3) is 0.182. The van der Waals surface area contributed by atoms with E-state index in [4.69, 9.17) is 23.2 Å². The van der Waals surface area contributed by atoms with Crippen molar-refractivity contribution < 1.29 is 4.79 Å². The summed E-state index contributed by atoms with van der Waals surface area (Å²) in [5.74, 6) is 0.307. The van der Waals surface area contributed by atoms with Crippen molar-refractivity contribution in [1.29, 1.82) is 5.26 Å². The number of hydrogen-bond donors (Lipinski definition) is 1. The lowest BCUT2D eigenvalue weighted by Crippen LogP contribution is -2.18. The van der Waals surface area contributed by atoms with Crippen molar-refractivity contribution in [2.24, 2.45) is 0 Å². The third-order valence-corrected chi connectivity index (χ3v) is 6.54. The number of nitrogens with zero attached hydrogens (tertiary/aromatic N) is 5. The summed E-state index contributed by atoms with van der Waals surface area (Å²) in [6.07, 6.45) is 1.65. The molecular weight excluding hydrogens is 467 g/mol. The summed E-state index contributed by atoms with van der Waals surface area (Å²) in [5.41, 5.74) is 3.78. The van der Waals surface area contributed by atoms with Crippen LogP contribution in [0.2, 0.25) is 10.0 Å². The third-order valence-electron chi connectivity index (χ3n) is 5.11. The Hall–Kier alpha value is -2.99. The van der Waals surface area contributed by atoms with Gasteiger partial charge in [-0.05, 0) is 31.0 Å². The first-order chi connectivity index (χ1) is 15.4. The number of benzene rings is 1. The fourth-order valence-electron chi connectivity index (χ4n) is 3.39. The minimum atomic E-state index is -0.261. The van der Waals surface area contributed by atoms with Crippen LogP contribution in [0.4, 0.5) is 5.82 Å². The highest BCUT2D eigenvalue weighted by molar-refractivity contribution is 7.99. The summed E-state index contributed by atoms with van der Waals surface area (Å²) in [4.78, 5) is 12.8. The van der Waals surface area contributed by atoms with E-state index in [9.17, 15) is 10.1 Å². The van der Waals surface area contributed by atoms with E-state index in [1.54, 1.807) is 16.7 Å². The van der Waals surface area contributed by atoms with Crippen LogP contribution >= 0.6 is 35.0 Å². The van der Waals surface area contributed by atoms with E-state index in [-0.39, 0.29) is 11.7 Å². The van der Waals surface area contributed by atoms with Gasteiger partial charge in [-0.1, -0.05) is 65.3 Å². The van der Waals surface area contributed by atoms with Crippen LogP contribution in [0.3, 0.4) is 0 Å². The summed E-state index contributed by atoms with van der Waals surface area (Å²) in [5, 5.41) is 22.1. The van der Waals surface area contributed by atoms with Crippen LogP contribution in [-0.2, 0) is 11.3 Å². The molecule has 0 spiro atoms. The summed E-state index contributed by atoms with van der Waals surface area (Å²) >= 11 is 13.4. The Morgan fingerprint density at radius 1 is 1.22 bits per heavy atom. The minimum Gasteiger partial charge on any atom is -0.326 e. The maximum Gasteiger partial charge on any atom is 0.235 e. The second kappa shape index (κ2) is 9.25. The van der Waals surface area contributed by atoms with E-state index >= 15 is 0 Å². The maximum atomic E-state index is 12.8. The van der Waals surface area contributed by atoms with Crippen LogP contribution in [0.25, 0.3) is 5.65 Å². The average Bonchev–Trinajstić information content (AvgIpc) is 3.27. The van der Waals surface area contributed by atoms with Gasteiger partial charge in [-0.15, -0.1) is 10.2 Å². The first-order valence-corrected chi connectivity index (χ1v) is 11.4. The number of nitrogens with one attached hydrogen (secondary N) is 1. The lowest BCUT2D eigenvalue weighted by atomic mass is 10.2. The predicted molar refractivity (Wildman–Crippen MR) is 127 cm³/mol. The Balaban J connectivity index is 1.56. The van der Waals surface area contributed by atoms with Crippen molar-refractivity contribution in [2.75, 3.05) is 11.1 Å². The van der Waals surface area contributed by atoms with Crippen LogP contribution in [0, 0.1) is 25.2 Å². The summed E-state index contributed by atoms with van der Waals surface area (Å²) in [6, 6.07) is 13.7. The highest BCUT2D eigenvalue weighted by Crippen LogP contribution is 2.29. The molecule has 0 saturated heterocycles. The molecule has 0 aliphatic heterocycles. The zero-order valence-electron chi connectivity index (χ0n) is 17.3. The molecule has 162 valence electrons. The Kier molecular flexibility index (Phi) is 6.42. The first kappa shape index (κ1) is 22.2. The molecule has 4 rings (SSSR count). The number of anilines is 1. The van der Waals surface area contributed by atoms with Gasteiger partial charge < -0.3 is 9.88 Å². The molecule has 1 N–H and O–H groups in total. The minimum absolute atomic E-state index is 0.0738. The second-order valence-corrected chi connectivity index (χ2v) is 8.92. The van der Waals surface area contributed by atoms with Crippen LogP contribution in [0.1, 0.15) is 22.4 Å². The smallest absolute Gasteiger partial charge is 0.235 e. The summed E-state index contributed by atoms with van der Waals surface area (Å²) in [7, 11) is 0. The normalized spacial score (nSPS) is 11.0. The average molecular weight is 485 g/mol. The van der Waals surface area contributed by atoms with Crippen LogP contribution < -0.4 is 5.32 Å². The number of halogens is 2. The van der Waals surface area contributed by atoms with Crippen molar-refractivity contribution in [3.63, 3.8) is 0 Å². The Morgan fingerprint density at radius 3 is 2.69 bits per heavy atom. The molecule has 0 aliphatic rings. The number of carbonyl (C=O) groups excluding carboxylic acids is 1. The molecule has 0 fully saturated rings. The molecule has 0 bridgehead atoms. The predicted octanol–water partition coefficient (Wildman–Crippen LogP) is 5.11. The van der Waals surface area contributed by atoms with Crippen molar-refractivity contribution >= 4 is 52.3 Å². The molecule has 3 heterocycles. The van der Waals surface area contributed by atoms with Crippen molar-refractivity contribution in [2.45, 2.75) is 25.5 Å². The number of hydrogen-bond acceptors (Lipinski definition) is 5. The van der Waals surface area contributed by atoms with E-state index < -0.39 is 0 Å². The van der Waals surface area contributed by atoms with Gasteiger partial charge in [0.05, 0.1) is 21.4 Å². The number of rotatable bonds is 6. The number of thioether (sulfide) groups is 1. The molecule has 0 aliphatic carbocycles. The van der Waals surface area contributed by atoms with E-state index in [1.165, 1.54) is 11.8 Å². The SMILES string of the molecule is Cc1c(C#N)c(NC(=O)CSc2nnc3c(Cl)cc(Cl)cn23)n(Cc2ccccc2)c1C. The number of aromatic nitrogens is 4. The Morgan fingerprint density at radius 2 is 1.97 bits per heavy atom. The number of pyridine rings is 1. The zero-order valence-corrected chi connectivity index (χ0v) is 19.6. The lowest BCUT2D eigenvalue weighted by Gasteiger charge is -2.13. The van der Waals surface area contributed by atoms with E-state index in [2.05, 4.69) is 21.6 Å². The van der Waals surface area contributed by atoms with Gasteiger partial charge in [0.15, 0.2) is 10.8 Å². The van der Waals surface area contributed by atoms with Crippen LogP contribution in [0.5, 0.6) is 0 Å². The molecule has 1 aromatic carbocycles. The molecule has 0 saturated carbocycles. The number of nitriles is 1. The van der Waals surface area contributed by atoms with E-state index in [0.29, 0.717) is 38.8 Å². The lowest BCUT2D eigenvalue weighted by molar-refractivity contribution is -0.113. The number of amides is 1. The van der Waals surface area contributed by atoms with E-state index in [1.807, 2.05) is 48.7 Å². The molecule has 1 amide bonds. The molecule has 3 aromatic heterocycles. The van der Waals surface area contributed by atoms with Gasteiger partial charge >= 0.3 is 0 Å². The van der Waals surface area contributed by atoms with Gasteiger partial charge in [-0.2, -0.15) is 5.26 Å². The molecule has 10 heteroatoms. The quantitative estimate of drug-likeness (QED) is 0.384. The molecule has 0 atom stereocenters. The second-order valence-electron chi connectivity index (χ2n) is 7.14. The Labute approximate surface area is 199 Å². The van der Waals surface area contributed by atoms with Gasteiger partial charge in [-0.3, -0.25) is 9.20 Å². The van der Waals surface area contributed by atoms with Crippen molar-refractivity contribution in [3.05, 3.63) is 75.0 Å². The molecule has 0 radical (unpaired) electrons. The topological polar surface area (TPSA) is 88.0 Å². The molecule has 0 unspecified atom stereocenters. The van der Waals surface area contributed by atoms with Gasteiger partial charge in [0, 0.05) is 18.4 Å². The molecule has 7 nitrogen and oxygen atoms in total. The Bertz CT molecular complexity index is 1360. The van der Waals surface area contributed by atoms with Crippen molar-refractivity contribution in [1.82, 2.24) is 19.2 Å². The largest absolute Gasteiger partial charge is 0.326 e. The molecular formula is C22H18Cl2N6OS. The monoisotopic (exact) mass is 484 g/mol. The highest BCUT2D eigenvalue weighted by atomic mass is 35.5. The van der Waals surface area contributed by atoms with Gasteiger partial charge in [0.25, 0.3) is 0 Å². The third kappa shape index (κ3) is 4.32. The zero-order chi connectivity index (χ0) is 22.8. The van der Waals surface area contributed by atoms with Crippen LogP contribution in [0.15, 0.2) is 47.8 Å². The van der Waals surface area contributed by atoms with Gasteiger partial charge in [0.1, 0.15) is 11.9 Å². The maximum absolute atomic E-state index is 12.8. The number of carbonyl (C=O) groups is 1. The van der Waals surface area contributed by atoms with E-state index in [0.717, 1.165) is 16.8 Å². The van der Waals surface area contributed by atoms with Crippen LogP contribution in [-0.4, -0.2) is 30.8 Å². The first-order valence-electron chi connectivity index (χ1n) is 9.65. The molecule has 32 heavy (non-hydrogen) atoms.